The first-order valence-corrected chi connectivity index (χ1v) is 6.68. The van der Waals surface area contributed by atoms with E-state index in [1.165, 1.54) is 25.5 Å². The van der Waals surface area contributed by atoms with Crippen molar-refractivity contribution in [2.75, 3.05) is 0 Å². The van der Waals surface area contributed by atoms with Gasteiger partial charge in [-0.25, -0.2) is 4.39 Å². The Morgan fingerprint density at radius 1 is 1.39 bits per heavy atom. The third kappa shape index (κ3) is 2.15. The van der Waals surface area contributed by atoms with Crippen molar-refractivity contribution in [1.82, 2.24) is 4.98 Å². The highest BCUT2D eigenvalue weighted by Gasteiger charge is 2.19. The van der Waals surface area contributed by atoms with Gasteiger partial charge >= 0.3 is 0 Å². The Kier molecular flexibility index (Phi) is 3.08. The van der Waals surface area contributed by atoms with Crippen molar-refractivity contribution in [2.24, 2.45) is 5.92 Å². The quantitative estimate of drug-likeness (QED) is 0.844. The fourth-order valence-corrected chi connectivity index (χ4v) is 2.65. The number of benzene rings is 1. The fraction of sp³-hybridized carbons (Fsp3) is 0.467. The summed E-state index contributed by atoms with van der Waals surface area (Å²) in [5.74, 6) is 0.547. The van der Waals surface area contributed by atoms with Gasteiger partial charge in [0.1, 0.15) is 5.82 Å². The highest BCUT2D eigenvalue weighted by Crippen LogP contribution is 2.33. The van der Waals surface area contributed by atoms with Gasteiger partial charge in [0.25, 0.3) is 0 Å². The van der Waals surface area contributed by atoms with E-state index < -0.39 is 6.10 Å². The van der Waals surface area contributed by atoms with E-state index in [4.69, 9.17) is 0 Å². The molecule has 1 aliphatic rings. The number of aromatic nitrogens is 1. The number of nitrogens with one attached hydrogen (secondary N) is 1. The molecule has 3 rings (SSSR count). The molecule has 2 aromatic rings. The van der Waals surface area contributed by atoms with Crippen LogP contribution in [0.2, 0.25) is 0 Å². The highest BCUT2D eigenvalue weighted by atomic mass is 19.1. The summed E-state index contributed by atoms with van der Waals surface area (Å²) in [5.41, 5.74) is 1.60. The molecule has 1 atom stereocenters. The maximum Gasteiger partial charge on any atom is 0.148 e. The van der Waals surface area contributed by atoms with Crippen LogP contribution in [0.25, 0.3) is 10.9 Å². The smallest absolute Gasteiger partial charge is 0.148 e. The van der Waals surface area contributed by atoms with E-state index in [9.17, 15) is 9.50 Å². The number of halogens is 1. The maximum absolute atomic E-state index is 13.5. The van der Waals surface area contributed by atoms with Gasteiger partial charge in [0.05, 0.1) is 6.10 Å². The minimum absolute atomic E-state index is 0.252. The van der Waals surface area contributed by atoms with Crippen molar-refractivity contribution in [3.63, 3.8) is 0 Å². The van der Waals surface area contributed by atoms with E-state index in [0.29, 0.717) is 5.39 Å². The zero-order valence-electron chi connectivity index (χ0n) is 10.3. The molecule has 1 saturated carbocycles. The van der Waals surface area contributed by atoms with Gasteiger partial charge in [-0.1, -0.05) is 25.3 Å². The number of hydrogen-bond donors (Lipinski definition) is 2. The number of aliphatic hydroxyl groups is 1. The molecule has 1 aromatic heterocycles. The summed E-state index contributed by atoms with van der Waals surface area (Å²) >= 11 is 0. The Morgan fingerprint density at radius 3 is 2.94 bits per heavy atom. The Labute approximate surface area is 106 Å². The lowest BCUT2D eigenvalue weighted by molar-refractivity contribution is 0.145. The van der Waals surface area contributed by atoms with Crippen molar-refractivity contribution in [1.29, 1.82) is 0 Å². The SMILES string of the molecule is O[C@@H](CCC1CCC1)c1ccc2[nH]cc(F)c2c1. The van der Waals surface area contributed by atoms with Gasteiger partial charge in [-0.3, -0.25) is 0 Å². The zero-order valence-corrected chi connectivity index (χ0v) is 10.3. The van der Waals surface area contributed by atoms with Crippen LogP contribution in [0.15, 0.2) is 24.4 Å². The fourth-order valence-electron chi connectivity index (χ4n) is 2.65. The van der Waals surface area contributed by atoms with Crippen LogP contribution in [0.1, 0.15) is 43.8 Å². The Hall–Kier alpha value is -1.35. The molecule has 96 valence electrons. The van der Waals surface area contributed by atoms with Crippen LogP contribution in [0.4, 0.5) is 4.39 Å². The van der Waals surface area contributed by atoms with Crippen LogP contribution in [0, 0.1) is 11.7 Å². The van der Waals surface area contributed by atoms with Gasteiger partial charge in [-0.05, 0) is 36.5 Å². The largest absolute Gasteiger partial charge is 0.388 e. The topological polar surface area (TPSA) is 36.0 Å². The minimum Gasteiger partial charge on any atom is -0.388 e. The second kappa shape index (κ2) is 4.73. The number of hydrogen-bond acceptors (Lipinski definition) is 1. The van der Waals surface area contributed by atoms with Gasteiger partial charge < -0.3 is 10.1 Å². The summed E-state index contributed by atoms with van der Waals surface area (Å²) in [5, 5.41) is 10.7. The van der Waals surface area contributed by atoms with Crippen LogP contribution in [0.5, 0.6) is 0 Å². The lowest BCUT2D eigenvalue weighted by Gasteiger charge is -2.26. The predicted molar refractivity (Wildman–Crippen MR) is 69.8 cm³/mol. The molecular weight excluding hydrogens is 229 g/mol. The maximum atomic E-state index is 13.5. The molecule has 0 saturated heterocycles. The summed E-state index contributed by atoms with van der Waals surface area (Å²) < 4.78 is 13.5. The number of aliphatic hydroxyl groups excluding tert-OH is 1. The molecule has 0 bridgehead atoms. The van der Waals surface area contributed by atoms with E-state index in [1.54, 1.807) is 6.07 Å². The van der Waals surface area contributed by atoms with Gasteiger partial charge in [0, 0.05) is 17.1 Å². The average molecular weight is 247 g/mol. The third-order valence-electron chi connectivity index (χ3n) is 4.11. The van der Waals surface area contributed by atoms with E-state index in [2.05, 4.69) is 4.98 Å². The van der Waals surface area contributed by atoms with Gasteiger partial charge in [-0.2, -0.15) is 0 Å². The molecule has 0 aliphatic heterocycles. The molecule has 0 spiro atoms. The molecule has 1 aromatic carbocycles. The van der Waals surface area contributed by atoms with Crippen molar-refractivity contribution < 1.29 is 9.50 Å². The number of H-pyrrole nitrogens is 1. The summed E-state index contributed by atoms with van der Waals surface area (Å²) in [6.45, 7) is 0. The number of fused-ring (bicyclic) bond motifs is 1. The van der Waals surface area contributed by atoms with Gasteiger partial charge in [0.15, 0.2) is 0 Å². The second-order valence-electron chi connectivity index (χ2n) is 5.33. The van der Waals surface area contributed by atoms with Crippen LogP contribution >= 0.6 is 0 Å². The molecule has 1 aliphatic carbocycles. The Morgan fingerprint density at radius 2 is 2.22 bits per heavy atom. The van der Waals surface area contributed by atoms with E-state index in [-0.39, 0.29) is 5.82 Å². The molecule has 1 heterocycles. The number of aromatic amines is 1. The van der Waals surface area contributed by atoms with Crippen LogP contribution in [0.3, 0.4) is 0 Å². The van der Waals surface area contributed by atoms with E-state index in [1.807, 2.05) is 12.1 Å². The molecule has 0 amide bonds. The van der Waals surface area contributed by atoms with Gasteiger partial charge in [-0.15, -0.1) is 0 Å². The molecule has 1 fully saturated rings. The average Bonchev–Trinajstić information content (AvgIpc) is 2.68. The minimum atomic E-state index is -0.468. The van der Waals surface area contributed by atoms with E-state index >= 15 is 0 Å². The number of rotatable bonds is 4. The Bertz CT molecular complexity index is 544. The van der Waals surface area contributed by atoms with Crippen molar-refractivity contribution in [3.05, 3.63) is 35.8 Å². The normalized spacial score (nSPS) is 17.9. The molecule has 0 radical (unpaired) electrons. The molecular formula is C15H18FNO. The summed E-state index contributed by atoms with van der Waals surface area (Å²) in [7, 11) is 0. The Balaban J connectivity index is 1.73. The molecule has 18 heavy (non-hydrogen) atoms. The van der Waals surface area contributed by atoms with Crippen LogP contribution in [-0.4, -0.2) is 10.1 Å². The molecule has 2 N–H and O–H groups in total. The standard InChI is InChI=1S/C15H18FNO/c16-13-9-17-14-6-5-11(8-12(13)14)15(18)7-4-10-2-1-3-10/h5-6,8-10,15,17-18H,1-4,7H2/t15-/m0/s1. The van der Waals surface area contributed by atoms with Crippen LogP contribution in [-0.2, 0) is 0 Å². The second-order valence-corrected chi connectivity index (χ2v) is 5.33. The third-order valence-corrected chi connectivity index (χ3v) is 4.11. The van der Waals surface area contributed by atoms with Crippen molar-refractivity contribution in [3.8, 4) is 0 Å². The zero-order chi connectivity index (χ0) is 12.5. The highest BCUT2D eigenvalue weighted by molar-refractivity contribution is 5.80. The summed E-state index contributed by atoms with van der Waals surface area (Å²) in [6, 6.07) is 5.47. The first-order valence-electron chi connectivity index (χ1n) is 6.68. The molecule has 3 heteroatoms. The lowest BCUT2D eigenvalue weighted by Crippen LogP contribution is -2.12. The molecule has 2 nitrogen and oxygen atoms in total. The predicted octanol–water partition coefficient (Wildman–Crippen LogP) is 3.92. The van der Waals surface area contributed by atoms with Gasteiger partial charge in [0.2, 0.25) is 0 Å². The molecule has 0 unspecified atom stereocenters. The summed E-state index contributed by atoms with van der Waals surface area (Å²) in [4.78, 5) is 2.87. The monoisotopic (exact) mass is 247 g/mol. The first kappa shape index (κ1) is 11.7. The van der Waals surface area contributed by atoms with Crippen LogP contribution < -0.4 is 0 Å². The van der Waals surface area contributed by atoms with E-state index in [0.717, 1.165) is 29.8 Å². The first-order chi connectivity index (χ1) is 8.74. The van der Waals surface area contributed by atoms with Crippen molar-refractivity contribution in [2.45, 2.75) is 38.2 Å². The summed E-state index contributed by atoms with van der Waals surface area (Å²) in [6.07, 6.45) is 6.69. The van der Waals surface area contributed by atoms with Crippen molar-refractivity contribution >= 4 is 10.9 Å². The lowest BCUT2D eigenvalue weighted by atomic mass is 9.81.